The summed E-state index contributed by atoms with van der Waals surface area (Å²) in [5.41, 5.74) is 0.834. The molecular formula is C12H8Cl2FN3O. The maximum atomic E-state index is 12.7. The van der Waals surface area contributed by atoms with Gasteiger partial charge in [0.05, 0.1) is 6.42 Å². The molecule has 0 aliphatic heterocycles. The number of nitrogens with zero attached hydrogens (tertiary/aromatic N) is 2. The molecule has 2 aromatic rings. The van der Waals surface area contributed by atoms with Gasteiger partial charge in [0.15, 0.2) is 10.3 Å². The Bertz CT molecular complexity index is 584. The number of hydrogen-bond acceptors (Lipinski definition) is 3. The van der Waals surface area contributed by atoms with Crippen molar-refractivity contribution in [2.45, 2.75) is 6.42 Å². The van der Waals surface area contributed by atoms with Gasteiger partial charge >= 0.3 is 0 Å². The molecular weight excluding hydrogens is 292 g/mol. The Morgan fingerprint density at radius 2 is 1.74 bits per heavy atom. The minimum Gasteiger partial charge on any atom is -0.321 e. The van der Waals surface area contributed by atoms with Gasteiger partial charge < -0.3 is 5.32 Å². The van der Waals surface area contributed by atoms with Crippen LogP contribution in [0, 0.1) is 5.82 Å². The van der Waals surface area contributed by atoms with Gasteiger partial charge in [-0.15, -0.1) is 0 Å². The Hall–Kier alpha value is -1.72. The molecule has 1 amide bonds. The van der Waals surface area contributed by atoms with Crippen LogP contribution in [0.15, 0.2) is 30.6 Å². The second kappa shape index (κ2) is 5.95. The third-order valence-electron chi connectivity index (χ3n) is 2.30. The minimum atomic E-state index is -0.355. The molecule has 0 saturated carbocycles. The topological polar surface area (TPSA) is 54.9 Å². The van der Waals surface area contributed by atoms with Gasteiger partial charge in [-0.3, -0.25) is 4.79 Å². The van der Waals surface area contributed by atoms with Gasteiger partial charge in [0.25, 0.3) is 0 Å². The van der Waals surface area contributed by atoms with Crippen LogP contribution < -0.4 is 5.32 Å². The van der Waals surface area contributed by atoms with Crippen molar-refractivity contribution in [1.29, 1.82) is 0 Å². The van der Waals surface area contributed by atoms with E-state index in [4.69, 9.17) is 23.2 Å². The maximum absolute atomic E-state index is 12.7. The molecule has 0 aliphatic carbocycles. The normalized spacial score (nSPS) is 10.3. The minimum absolute atomic E-state index is 0.0625. The van der Waals surface area contributed by atoms with Crippen LogP contribution in [-0.2, 0) is 11.2 Å². The molecule has 19 heavy (non-hydrogen) atoms. The van der Waals surface area contributed by atoms with Crippen molar-refractivity contribution in [3.05, 3.63) is 52.3 Å². The summed E-state index contributed by atoms with van der Waals surface area (Å²) in [5.74, 6) is -0.697. The Balaban J connectivity index is 2.07. The van der Waals surface area contributed by atoms with E-state index < -0.39 is 0 Å². The molecule has 0 atom stereocenters. The van der Waals surface area contributed by atoms with Gasteiger partial charge in [-0.1, -0.05) is 35.3 Å². The first-order valence-electron chi connectivity index (χ1n) is 5.26. The highest BCUT2D eigenvalue weighted by atomic mass is 35.5. The van der Waals surface area contributed by atoms with Crippen molar-refractivity contribution in [3.63, 3.8) is 0 Å². The molecule has 1 aromatic heterocycles. The third kappa shape index (κ3) is 3.62. The summed E-state index contributed by atoms with van der Waals surface area (Å²) in [6.07, 6.45) is 1.27. The van der Waals surface area contributed by atoms with E-state index in [1.165, 1.54) is 30.6 Å². The van der Waals surface area contributed by atoms with Crippen LogP contribution in [0.4, 0.5) is 10.1 Å². The molecule has 98 valence electrons. The van der Waals surface area contributed by atoms with Crippen LogP contribution in [0.5, 0.6) is 0 Å². The molecule has 0 saturated heterocycles. The van der Waals surface area contributed by atoms with Gasteiger partial charge in [0, 0.05) is 0 Å². The zero-order valence-corrected chi connectivity index (χ0v) is 11.0. The summed E-state index contributed by atoms with van der Waals surface area (Å²) in [5, 5.41) is 2.64. The fraction of sp³-hybridized carbons (Fsp3) is 0.0833. The molecule has 0 radical (unpaired) electrons. The smallest absolute Gasteiger partial charge is 0.228 e. The SMILES string of the molecule is O=C(Cc1ccc(F)cc1)Nc1c(Cl)ncnc1Cl. The number of nitrogens with one attached hydrogen (secondary N) is 1. The van der Waals surface area contributed by atoms with E-state index in [-0.39, 0.29) is 34.1 Å². The van der Waals surface area contributed by atoms with Crippen molar-refractivity contribution in [3.8, 4) is 0 Å². The number of amides is 1. The molecule has 0 unspecified atom stereocenters. The Morgan fingerprint density at radius 1 is 1.16 bits per heavy atom. The highest BCUT2D eigenvalue weighted by Gasteiger charge is 2.12. The number of anilines is 1. The lowest BCUT2D eigenvalue weighted by Crippen LogP contribution is -2.15. The molecule has 1 heterocycles. The molecule has 0 spiro atoms. The fourth-order valence-electron chi connectivity index (χ4n) is 1.42. The molecule has 0 aliphatic rings. The predicted molar refractivity (Wildman–Crippen MR) is 70.8 cm³/mol. The van der Waals surface area contributed by atoms with Crippen LogP contribution in [0.1, 0.15) is 5.56 Å². The predicted octanol–water partition coefficient (Wildman–Crippen LogP) is 3.10. The van der Waals surface area contributed by atoms with E-state index in [1.807, 2.05) is 0 Å². The second-order valence-electron chi connectivity index (χ2n) is 3.68. The molecule has 0 bridgehead atoms. The van der Waals surface area contributed by atoms with Crippen molar-refractivity contribution < 1.29 is 9.18 Å². The zero-order chi connectivity index (χ0) is 13.8. The van der Waals surface area contributed by atoms with E-state index in [0.29, 0.717) is 5.56 Å². The van der Waals surface area contributed by atoms with Gasteiger partial charge in [-0.2, -0.15) is 0 Å². The summed E-state index contributed by atoms with van der Waals surface area (Å²) in [6, 6.07) is 5.63. The van der Waals surface area contributed by atoms with Crippen molar-refractivity contribution in [2.24, 2.45) is 0 Å². The quantitative estimate of drug-likeness (QED) is 0.886. The molecule has 7 heteroatoms. The lowest BCUT2D eigenvalue weighted by Gasteiger charge is -2.07. The average molecular weight is 300 g/mol. The Morgan fingerprint density at radius 3 is 2.32 bits per heavy atom. The summed E-state index contributed by atoms with van der Waals surface area (Å²) in [6.45, 7) is 0. The second-order valence-corrected chi connectivity index (χ2v) is 4.40. The largest absolute Gasteiger partial charge is 0.321 e. The summed E-state index contributed by atoms with van der Waals surface area (Å²) >= 11 is 11.6. The highest BCUT2D eigenvalue weighted by Crippen LogP contribution is 2.25. The average Bonchev–Trinajstić information content (AvgIpc) is 2.37. The van der Waals surface area contributed by atoms with Crippen LogP contribution in [-0.4, -0.2) is 15.9 Å². The van der Waals surface area contributed by atoms with E-state index in [1.54, 1.807) is 0 Å². The number of benzene rings is 1. The lowest BCUT2D eigenvalue weighted by molar-refractivity contribution is -0.115. The van der Waals surface area contributed by atoms with Crippen molar-refractivity contribution in [2.75, 3.05) is 5.32 Å². The van der Waals surface area contributed by atoms with Gasteiger partial charge in [-0.25, -0.2) is 14.4 Å². The van der Waals surface area contributed by atoms with E-state index in [0.717, 1.165) is 0 Å². The first kappa shape index (κ1) is 13.7. The number of carbonyl (C=O) groups excluding carboxylic acids is 1. The summed E-state index contributed by atoms with van der Waals surface area (Å²) < 4.78 is 12.7. The molecule has 4 nitrogen and oxygen atoms in total. The van der Waals surface area contributed by atoms with Gasteiger partial charge in [0.1, 0.15) is 17.8 Å². The van der Waals surface area contributed by atoms with Crippen LogP contribution >= 0.6 is 23.2 Å². The molecule has 2 rings (SSSR count). The van der Waals surface area contributed by atoms with E-state index in [2.05, 4.69) is 15.3 Å². The van der Waals surface area contributed by atoms with Crippen molar-refractivity contribution in [1.82, 2.24) is 9.97 Å². The van der Waals surface area contributed by atoms with Crippen LogP contribution in [0.25, 0.3) is 0 Å². The monoisotopic (exact) mass is 299 g/mol. The molecule has 1 N–H and O–H groups in total. The van der Waals surface area contributed by atoms with Gasteiger partial charge in [-0.05, 0) is 17.7 Å². The number of carbonyl (C=O) groups is 1. The van der Waals surface area contributed by atoms with Crippen molar-refractivity contribution >= 4 is 34.8 Å². The van der Waals surface area contributed by atoms with Crippen LogP contribution in [0.3, 0.4) is 0 Å². The first-order valence-corrected chi connectivity index (χ1v) is 6.02. The standard InChI is InChI=1S/C12H8Cl2FN3O/c13-11-10(12(14)17-6-16-11)18-9(19)5-7-1-3-8(15)4-2-7/h1-4,6H,5H2,(H,18,19). The Kier molecular flexibility index (Phi) is 4.29. The number of halogens is 3. The maximum Gasteiger partial charge on any atom is 0.228 e. The number of aromatic nitrogens is 2. The third-order valence-corrected chi connectivity index (χ3v) is 2.87. The van der Waals surface area contributed by atoms with Gasteiger partial charge in [0.2, 0.25) is 5.91 Å². The fourth-order valence-corrected chi connectivity index (χ4v) is 1.83. The summed E-state index contributed by atoms with van der Waals surface area (Å²) in [4.78, 5) is 19.2. The number of rotatable bonds is 3. The highest BCUT2D eigenvalue weighted by molar-refractivity contribution is 6.38. The number of hydrogen-bond donors (Lipinski definition) is 1. The molecule has 1 aromatic carbocycles. The zero-order valence-electron chi connectivity index (χ0n) is 9.53. The molecule has 0 fully saturated rings. The lowest BCUT2D eigenvalue weighted by atomic mass is 10.1. The summed E-state index contributed by atoms with van der Waals surface area (Å²) in [7, 11) is 0. The first-order chi connectivity index (χ1) is 9.06. The van der Waals surface area contributed by atoms with E-state index >= 15 is 0 Å². The van der Waals surface area contributed by atoms with Crippen LogP contribution in [0.2, 0.25) is 10.3 Å². The Labute approximate surface area is 118 Å². The van der Waals surface area contributed by atoms with E-state index in [9.17, 15) is 9.18 Å².